The molecule has 0 bridgehead atoms. The van der Waals surface area contributed by atoms with Gasteiger partial charge in [0.15, 0.2) is 0 Å². The maximum atomic E-state index is 12.2. The van der Waals surface area contributed by atoms with Crippen molar-refractivity contribution >= 4 is 11.8 Å². The quantitative estimate of drug-likeness (QED) is 0.0512. The summed E-state index contributed by atoms with van der Waals surface area (Å²) in [6.45, 7) is 7.37. The number of rotatable bonds is 37. The average molecular weight is 621 g/mol. The van der Waals surface area contributed by atoms with Crippen LogP contribution in [-0.4, -0.2) is 18.4 Å². The summed E-state index contributed by atoms with van der Waals surface area (Å²) in [4.78, 5) is 24.3. The lowest BCUT2D eigenvalue weighted by Crippen LogP contribution is -2.08. The molecule has 0 saturated carbocycles. The largest absolute Gasteiger partial charge is 0.466 e. The molecule has 0 aliphatic heterocycles. The molecule has 0 aliphatic carbocycles. The predicted octanol–water partition coefficient (Wildman–Crippen LogP) is 14.0. The number of carbonyl (C=O) groups excluding carboxylic acids is 2. The van der Waals surface area contributed by atoms with Gasteiger partial charge in [0.05, 0.1) is 6.61 Å². The van der Waals surface area contributed by atoms with Crippen molar-refractivity contribution in [3.05, 3.63) is 0 Å². The topological polar surface area (TPSA) is 43.4 Å². The number of hydrogen-bond donors (Lipinski definition) is 0. The zero-order valence-corrected chi connectivity index (χ0v) is 30.6. The average Bonchev–Trinajstić information content (AvgIpc) is 3.02. The van der Waals surface area contributed by atoms with Gasteiger partial charge >= 0.3 is 5.97 Å². The summed E-state index contributed by atoms with van der Waals surface area (Å²) in [6.07, 6.45) is 42.3. The highest BCUT2D eigenvalue weighted by molar-refractivity contribution is 5.78. The van der Waals surface area contributed by atoms with Gasteiger partial charge in [-0.2, -0.15) is 0 Å². The Balaban J connectivity index is 4.06. The Hall–Kier alpha value is -0.860. The van der Waals surface area contributed by atoms with E-state index in [9.17, 15) is 9.59 Å². The first kappa shape index (κ1) is 43.1. The summed E-state index contributed by atoms with van der Waals surface area (Å²) >= 11 is 0. The van der Waals surface area contributed by atoms with Crippen LogP contribution in [0.3, 0.4) is 0 Å². The summed E-state index contributed by atoms with van der Waals surface area (Å²) in [6, 6.07) is 0. The van der Waals surface area contributed by atoms with Crippen LogP contribution in [-0.2, 0) is 14.3 Å². The standard InChI is InChI=1S/C41H80O3/c1-4-7-10-13-15-17-19-21-24-26-32-39(33-27-25-22-20-18-16-14-11-8-5-2)34-31-38-44-41(43)37-30-29-36-40(42)35-28-23-12-9-6-3/h39H,4-38H2,1-3H3. The van der Waals surface area contributed by atoms with Crippen molar-refractivity contribution in [3.63, 3.8) is 0 Å². The van der Waals surface area contributed by atoms with Gasteiger partial charge in [-0.1, -0.05) is 188 Å². The van der Waals surface area contributed by atoms with Crippen LogP contribution in [0.25, 0.3) is 0 Å². The van der Waals surface area contributed by atoms with Gasteiger partial charge in [-0.25, -0.2) is 0 Å². The second-order valence-electron chi connectivity index (χ2n) is 14.1. The second kappa shape index (κ2) is 36.6. The van der Waals surface area contributed by atoms with Crippen LogP contribution >= 0.6 is 0 Å². The van der Waals surface area contributed by atoms with Crippen molar-refractivity contribution in [2.75, 3.05) is 6.61 Å². The zero-order chi connectivity index (χ0) is 32.2. The first-order valence-electron chi connectivity index (χ1n) is 20.3. The highest BCUT2D eigenvalue weighted by Crippen LogP contribution is 2.24. The molecule has 0 atom stereocenters. The molecule has 0 unspecified atom stereocenters. The molecule has 0 radical (unpaired) electrons. The summed E-state index contributed by atoms with van der Waals surface area (Å²) < 4.78 is 5.59. The molecule has 0 rings (SSSR count). The minimum atomic E-state index is -0.0713. The van der Waals surface area contributed by atoms with E-state index in [4.69, 9.17) is 4.74 Å². The fourth-order valence-electron chi connectivity index (χ4n) is 6.55. The summed E-state index contributed by atoms with van der Waals surface area (Å²) in [7, 11) is 0. The smallest absolute Gasteiger partial charge is 0.305 e. The van der Waals surface area contributed by atoms with Crippen molar-refractivity contribution in [2.24, 2.45) is 5.92 Å². The van der Waals surface area contributed by atoms with Gasteiger partial charge in [0.1, 0.15) is 5.78 Å². The fraction of sp³-hybridized carbons (Fsp3) is 0.951. The molecule has 0 aromatic heterocycles. The molecule has 0 fully saturated rings. The lowest BCUT2D eigenvalue weighted by atomic mass is 9.90. The monoisotopic (exact) mass is 621 g/mol. The minimum absolute atomic E-state index is 0.0713. The minimum Gasteiger partial charge on any atom is -0.466 e. The third-order valence-electron chi connectivity index (χ3n) is 9.60. The van der Waals surface area contributed by atoms with Gasteiger partial charge in [-0.3, -0.25) is 9.59 Å². The molecule has 0 amide bonds. The van der Waals surface area contributed by atoms with Crippen LogP contribution in [0.15, 0.2) is 0 Å². The van der Waals surface area contributed by atoms with E-state index >= 15 is 0 Å². The van der Waals surface area contributed by atoms with Gasteiger partial charge in [0.2, 0.25) is 0 Å². The number of Topliss-reactive ketones (excluding diaryl/α,β-unsaturated/α-hetero) is 1. The maximum absolute atomic E-state index is 12.2. The van der Waals surface area contributed by atoms with Crippen LogP contribution in [0.2, 0.25) is 0 Å². The van der Waals surface area contributed by atoms with Crippen molar-refractivity contribution in [2.45, 2.75) is 239 Å². The van der Waals surface area contributed by atoms with E-state index in [1.807, 2.05) is 0 Å². The highest BCUT2D eigenvalue weighted by atomic mass is 16.5. The molecule has 0 N–H and O–H groups in total. The fourth-order valence-corrected chi connectivity index (χ4v) is 6.55. The Bertz CT molecular complexity index is 562. The molecule has 0 spiro atoms. The molecule has 0 heterocycles. The molecule has 3 nitrogen and oxygen atoms in total. The number of ketones is 1. The van der Waals surface area contributed by atoms with E-state index in [0.717, 1.165) is 31.6 Å². The molecular weight excluding hydrogens is 540 g/mol. The third kappa shape index (κ3) is 34.0. The summed E-state index contributed by atoms with van der Waals surface area (Å²) in [5, 5.41) is 0. The first-order valence-corrected chi connectivity index (χ1v) is 20.3. The molecule has 0 aromatic carbocycles. The van der Waals surface area contributed by atoms with Gasteiger partial charge in [0, 0.05) is 19.3 Å². The molecule has 0 aliphatic rings. The number of hydrogen-bond acceptors (Lipinski definition) is 3. The normalized spacial score (nSPS) is 11.5. The number of carbonyl (C=O) groups is 2. The number of unbranched alkanes of at least 4 members (excludes halogenated alkanes) is 23. The second-order valence-corrected chi connectivity index (χ2v) is 14.1. The van der Waals surface area contributed by atoms with E-state index in [1.54, 1.807) is 0 Å². The Morgan fingerprint density at radius 1 is 0.386 bits per heavy atom. The molecular formula is C41H80O3. The van der Waals surface area contributed by atoms with E-state index in [-0.39, 0.29) is 5.97 Å². The molecule has 3 heteroatoms. The van der Waals surface area contributed by atoms with Crippen LogP contribution in [0, 0.1) is 5.92 Å². The first-order chi connectivity index (χ1) is 21.6. The maximum Gasteiger partial charge on any atom is 0.305 e. The van der Waals surface area contributed by atoms with Crippen LogP contribution in [0.1, 0.15) is 239 Å². The Morgan fingerprint density at radius 2 is 0.705 bits per heavy atom. The van der Waals surface area contributed by atoms with Crippen molar-refractivity contribution in [1.82, 2.24) is 0 Å². The zero-order valence-electron chi connectivity index (χ0n) is 30.6. The summed E-state index contributed by atoms with van der Waals surface area (Å²) in [5.74, 6) is 1.09. The number of ether oxygens (including phenoxy) is 1. The molecule has 262 valence electrons. The van der Waals surface area contributed by atoms with Crippen molar-refractivity contribution in [3.8, 4) is 0 Å². The molecule has 0 aromatic rings. The van der Waals surface area contributed by atoms with Gasteiger partial charge < -0.3 is 4.74 Å². The Morgan fingerprint density at radius 3 is 1.14 bits per heavy atom. The Labute approximate surface area is 277 Å². The van der Waals surface area contributed by atoms with Crippen LogP contribution < -0.4 is 0 Å². The van der Waals surface area contributed by atoms with Gasteiger partial charge in [-0.15, -0.1) is 0 Å². The van der Waals surface area contributed by atoms with Gasteiger partial charge in [-0.05, 0) is 38.0 Å². The van der Waals surface area contributed by atoms with Crippen molar-refractivity contribution in [1.29, 1.82) is 0 Å². The van der Waals surface area contributed by atoms with E-state index in [1.165, 1.54) is 173 Å². The van der Waals surface area contributed by atoms with E-state index in [2.05, 4.69) is 20.8 Å². The molecule has 0 saturated heterocycles. The Kier molecular flexibility index (Phi) is 35.9. The lowest BCUT2D eigenvalue weighted by molar-refractivity contribution is -0.144. The predicted molar refractivity (Wildman–Crippen MR) is 193 cm³/mol. The van der Waals surface area contributed by atoms with Crippen LogP contribution in [0.4, 0.5) is 0 Å². The van der Waals surface area contributed by atoms with E-state index in [0.29, 0.717) is 31.7 Å². The van der Waals surface area contributed by atoms with E-state index < -0.39 is 0 Å². The summed E-state index contributed by atoms with van der Waals surface area (Å²) in [5.41, 5.74) is 0. The van der Waals surface area contributed by atoms with Gasteiger partial charge in [0.25, 0.3) is 0 Å². The lowest BCUT2D eigenvalue weighted by Gasteiger charge is -2.17. The third-order valence-corrected chi connectivity index (χ3v) is 9.60. The highest BCUT2D eigenvalue weighted by Gasteiger charge is 2.11. The van der Waals surface area contributed by atoms with Crippen molar-refractivity contribution < 1.29 is 14.3 Å². The van der Waals surface area contributed by atoms with Crippen LogP contribution in [0.5, 0.6) is 0 Å². The number of esters is 1. The molecule has 44 heavy (non-hydrogen) atoms. The SMILES string of the molecule is CCCCCCCCCCCCC(CCCCCCCCCCCC)CCCOC(=O)CCCCC(=O)CCCCCCC.